The molecule has 2 aromatic rings. The second-order valence-electron chi connectivity index (χ2n) is 3.73. The molecule has 0 aliphatic carbocycles. The minimum Gasteiger partial charge on any atom is -0.493 e. The van der Waals surface area contributed by atoms with Gasteiger partial charge in [0.2, 0.25) is 5.91 Å². The fraction of sp³-hybridized carbons (Fsp3) is 0.154. The lowest BCUT2D eigenvalue weighted by molar-refractivity contribution is -0.116. The van der Waals surface area contributed by atoms with Gasteiger partial charge in [-0.15, -0.1) is 0 Å². The van der Waals surface area contributed by atoms with Gasteiger partial charge < -0.3 is 10.1 Å². The van der Waals surface area contributed by atoms with Gasteiger partial charge in [-0.1, -0.05) is 18.2 Å². The first-order valence-electron chi connectivity index (χ1n) is 5.71. The van der Waals surface area contributed by atoms with Gasteiger partial charge in [0.25, 0.3) is 0 Å². The molecule has 0 radical (unpaired) electrons. The second-order valence-corrected chi connectivity index (χ2v) is 3.73. The molecule has 0 unspecified atom stereocenters. The quantitative estimate of drug-likeness (QED) is 0.851. The van der Waals surface area contributed by atoms with Crippen LogP contribution in [0.3, 0.4) is 0 Å². The first kappa shape index (κ1) is 12.6. The molecule has 19 heavy (non-hydrogen) atoms. The van der Waals surface area contributed by atoms with Gasteiger partial charge in [-0.2, -0.15) is 10.4 Å². The SMILES string of the molecule is N#Cc1cn[nH]c1NC(=O)CCOc1ccccc1. The molecular weight excluding hydrogens is 244 g/mol. The van der Waals surface area contributed by atoms with Crippen LogP contribution in [0.15, 0.2) is 36.5 Å². The lowest BCUT2D eigenvalue weighted by Gasteiger charge is -2.06. The van der Waals surface area contributed by atoms with E-state index in [1.165, 1.54) is 6.20 Å². The van der Waals surface area contributed by atoms with Crippen molar-refractivity contribution in [2.45, 2.75) is 6.42 Å². The lowest BCUT2D eigenvalue weighted by atomic mass is 10.3. The number of nitrogens with one attached hydrogen (secondary N) is 2. The van der Waals surface area contributed by atoms with Crippen LogP contribution in [0.4, 0.5) is 5.82 Å². The maximum Gasteiger partial charge on any atom is 0.228 e. The molecule has 0 saturated carbocycles. The van der Waals surface area contributed by atoms with Crippen molar-refractivity contribution < 1.29 is 9.53 Å². The van der Waals surface area contributed by atoms with Gasteiger partial charge in [-0.25, -0.2) is 0 Å². The first-order chi connectivity index (χ1) is 9.29. The summed E-state index contributed by atoms with van der Waals surface area (Å²) in [6.45, 7) is 0.270. The van der Waals surface area contributed by atoms with Gasteiger partial charge in [-0.3, -0.25) is 9.89 Å². The largest absolute Gasteiger partial charge is 0.493 e. The monoisotopic (exact) mass is 256 g/mol. The number of carbonyl (C=O) groups is 1. The normalized spacial score (nSPS) is 9.63. The Balaban J connectivity index is 1.78. The molecule has 0 aliphatic heterocycles. The molecule has 1 aromatic heterocycles. The topological polar surface area (TPSA) is 90.8 Å². The fourth-order valence-corrected chi connectivity index (χ4v) is 1.45. The van der Waals surface area contributed by atoms with Gasteiger partial charge in [-0.05, 0) is 12.1 Å². The van der Waals surface area contributed by atoms with Crippen LogP contribution in [0.5, 0.6) is 5.75 Å². The molecule has 0 aliphatic rings. The molecule has 2 rings (SSSR count). The number of amides is 1. The third-order valence-corrected chi connectivity index (χ3v) is 2.37. The predicted octanol–water partition coefficient (Wildman–Crippen LogP) is 1.69. The summed E-state index contributed by atoms with van der Waals surface area (Å²) in [6.07, 6.45) is 1.55. The predicted molar refractivity (Wildman–Crippen MR) is 68.5 cm³/mol. The molecular formula is C13H12N4O2. The zero-order chi connectivity index (χ0) is 13.5. The Hall–Kier alpha value is -2.81. The molecule has 0 fully saturated rings. The Morgan fingerprint density at radius 1 is 1.42 bits per heavy atom. The van der Waals surface area contributed by atoms with Crippen LogP contribution < -0.4 is 10.1 Å². The van der Waals surface area contributed by atoms with Crippen molar-refractivity contribution in [1.82, 2.24) is 10.2 Å². The van der Waals surface area contributed by atoms with Gasteiger partial charge in [0.05, 0.1) is 19.2 Å². The third kappa shape index (κ3) is 3.57. The number of hydrogen-bond acceptors (Lipinski definition) is 4. The molecule has 0 atom stereocenters. The van der Waals surface area contributed by atoms with E-state index in [4.69, 9.17) is 10.00 Å². The molecule has 96 valence electrons. The number of aromatic amines is 1. The zero-order valence-electron chi connectivity index (χ0n) is 10.1. The Bertz CT molecular complexity index is 586. The summed E-state index contributed by atoms with van der Waals surface area (Å²) in [5, 5.41) is 17.6. The van der Waals surface area contributed by atoms with Crippen molar-refractivity contribution in [1.29, 1.82) is 5.26 Å². The number of anilines is 1. The highest BCUT2D eigenvalue weighted by Gasteiger charge is 2.08. The average molecular weight is 256 g/mol. The van der Waals surface area contributed by atoms with Crippen molar-refractivity contribution in [3.8, 4) is 11.8 Å². The summed E-state index contributed by atoms with van der Waals surface area (Å²) in [5.41, 5.74) is 0.303. The van der Waals surface area contributed by atoms with E-state index in [0.29, 0.717) is 11.4 Å². The number of H-pyrrole nitrogens is 1. The number of ether oxygens (including phenoxy) is 1. The summed E-state index contributed by atoms with van der Waals surface area (Å²) >= 11 is 0. The first-order valence-corrected chi connectivity index (χ1v) is 5.71. The number of rotatable bonds is 5. The van der Waals surface area contributed by atoms with Crippen molar-refractivity contribution in [2.75, 3.05) is 11.9 Å². The zero-order valence-corrected chi connectivity index (χ0v) is 10.1. The number of carbonyl (C=O) groups excluding carboxylic acids is 1. The Kier molecular flexibility index (Phi) is 4.13. The van der Waals surface area contributed by atoms with E-state index in [1.54, 1.807) is 0 Å². The molecule has 2 N–H and O–H groups in total. The van der Waals surface area contributed by atoms with Crippen molar-refractivity contribution in [2.24, 2.45) is 0 Å². The van der Waals surface area contributed by atoms with Crippen LogP contribution in [0.2, 0.25) is 0 Å². The average Bonchev–Trinajstić information content (AvgIpc) is 2.87. The van der Waals surface area contributed by atoms with Gasteiger partial charge in [0.15, 0.2) is 0 Å². The van der Waals surface area contributed by atoms with E-state index in [0.717, 1.165) is 5.75 Å². The number of nitrogens with zero attached hydrogens (tertiary/aromatic N) is 2. The number of nitriles is 1. The summed E-state index contributed by atoms with van der Waals surface area (Å²) in [6, 6.07) is 11.2. The molecule has 0 spiro atoms. The van der Waals surface area contributed by atoms with Gasteiger partial charge >= 0.3 is 0 Å². The van der Waals surface area contributed by atoms with Crippen LogP contribution >= 0.6 is 0 Å². The molecule has 1 aromatic carbocycles. The summed E-state index contributed by atoms with van der Waals surface area (Å²) in [4.78, 5) is 11.6. The number of benzene rings is 1. The van der Waals surface area contributed by atoms with E-state index in [9.17, 15) is 4.79 Å². The van der Waals surface area contributed by atoms with E-state index in [-0.39, 0.29) is 18.9 Å². The van der Waals surface area contributed by atoms with Crippen LogP contribution in [0.25, 0.3) is 0 Å². The van der Waals surface area contributed by atoms with Gasteiger partial charge in [0.1, 0.15) is 23.2 Å². The number of para-hydroxylation sites is 1. The molecule has 6 heteroatoms. The van der Waals surface area contributed by atoms with Gasteiger partial charge in [0, 0.05) is 0 Å². The maximum absolute atomic E-state index is 11.6. The van der Waals surface area contributed by atoms with E-state index < -0.39 is 0 Å². The standard InChI is InChI=1S/C13H12N4O2/c14-8-10-9-15-17-13(10)16-12(18)6-7-19-11-4-2-1-3-5-11/h1-5,9H,6-7H2,(H2,15,16,17,18). The molecule has 0 bridgehead atoms. The molecule has 1 heterocycles. The Morgan fingerprint density at radius 3 is 2.95 bits per heavy atom. The summed E-state index contributed by atoms with van der Waals surface area (Å²) in [5.74, 6) is 0.790. The van der Waals surface area contributed by atoms with Crippen LogP contribution in [-0.2, 0) is 4.79 Å². The van der Waals surface area contributed by atoms with Crippen molar-refractivity contribution >= 4 is 11.7 Å². The van der Waals surface area contributed by atoms with E-state index in [2.05, 4.69) is 15.5 Å². The maximum atomic E-state index is 11.6. The van der Waals surface area contributed by atoms with E-state index in [1.807, 2.05) is 36.4 Å². The van der Waals surface area contributed by atoms with Crippen molar-refractivity contribution in [3.05, 3.63) is 42.1 Å². The Morgan fingerprint density at radius 2 is 2.21 bits per heavy atom. The second kappa shape index (κ2) is 6.21. The number of hydrogen-bond donors (Lipinski definition) is 2. The van der Waals surface area contributed by atoms with Crippen LogP contribution in [0.1, 0.15) is 12.0 Å². The molecule has 6 nitrogen and oxygen atoms in total. The highest BCUT2D eigenvalue weighted by atomic mass is 16.5. The highest BCUT2D eigenvalue weighted by Crippen LogP contribution is 2.10. The minimum atomic E-state index is -0.239. The minimum absolute atomic E-state index is 0.193. The van der Waals surface area contributed by atoms with Crippen LogP contribution in [-0.4, -0.2) is 22.7 Å². The number of aromatic nitrogens is 2. The summed E-state index contributed by atoms with van der Waals surface area (Å²) in [7, 11) is 0. The fourth-order valence-electron chi connectivity index (χ4n) is 1.45. The third-order valence-electron chi connectivity index (χ3n) is 2.37. The van der Waals surface area contributed by atoms with Crippen LogP contribution in [0, 0.1) is 11.3 Å². The lowest BCUT2D eigenvalue weighted by Crippen LogP contribution is -2.16. The van der Waals surface area contributed by atoms with E-state index >= 15 is 0 Å². The molecule has 0 saturated heterocycles. The Labute approximate surface area is 110 Å². The van der Waals surface area contributed by atoms with Crippen molar-refractivity contribution in [3.63, 3.8) is 0 Å². The smallest absolute Gasteiger partial charge is 0.228 e. The molecule has 1 amide bonds. The summed E-state index contributed by atoms with van der Waals surface area (Å²) < 4.78 is 5.40. The highest BCUT2D eigenvalue weighted by molar-refractivity contribution is 5.90.